The lowest BCUT2D eigenvalue weighted by atomic mass is 10.1. The Balaban J connectivity index is 2.03. The van der Waals surface area contributed by atoms with Gasteiger partial charge < -0.3 is 10.2 Å². The van der Waals surface area contributed by atoms with Crippen molar-refractivity contribution in [1.29, 1.82) is 0 Å². The van der Waals surface area contributed by atoms with Crippen molar-refractivity contribution in [3.05, 3.63) is 34.1 Å². The molecule has 0 unspecified atom stereocenters. The Labute approximate surface area is 114 Å². The minimum atomic E-state index is -0.280. The summed E-state index contributed by atoms with van der Waals surface area (Å²) < 4.78 is 14.4. The molecule has 0 aliphatic carbocycles. The zero-order valence-corrected chi connectivity index (χ0v) is 11.8. The van der Waals surface area contributed by atoms with Crippen LogP contribution < -0.4 is 5.32 Å². The average Bonchev–Trinajstić information content (AvgIpc) is 2.86. The molecule has 0 bridgehead atoms. The molecule has 1 fully saturated rings. The lowest BCUT2D eigenvalue weighted by molar-refractivity contribution is -0.132. The normalized spacial score (nSPS) is 18.9. The van der Waals surface area contributed by atoms with Crippen LogP contribution >= 0.6 is 15.9 Å². The highest BCUT2D eigenvalue weighted by Gasteiger charge is 2.25. The molecule has 5 heteroatoms. The molecule has 1 heterocycles. The first-order chi connectivity index (χ1) is 8.58. The van der Waals surface area contributed by atoms with Crippen LogP contribution in [0.3, 0.4) is 0 Å². The molecule has 18 heavy (non-hydrogen) atoms. The molecule has 1 amide bonds. The van der Waals surface area contributed by atoms with Gasteiger partial charge in [-0.1, -0.05) is 15.9 Å². The van der Waals surface area contributed by atoms with Gasteiger partial charge in [0, 0.05) is 23.6 Å². The number of benzene rings is 1. The second-order valence-electron chi connectivity index (χ2n) is 4.58. The Bertz CT molecular complexity index is 447. The Morgan fingerprint density at radius 3 is 3.06 bits per heavy atom. The zero-order valence-electron chi connectivity index (χ0n) is 10.2. The van der Waals surface area contributed by atoms with Crippen molar-refractivity contribution in [1.82, 2.24) is 10.2 Å². The molecule has 1 aromatic rings. The number of halogens is 2. The number of nitrogens with one attached hydrogen (secondary N) is 1. The minimum absolute atomic E-state index is 0.0341. The van der Waals surface area contributed by atoms with Crippen LogP contribution in [0.4, 0.5) is 4.39 Å². The maximum atomic E-state index is 13.6. The van der Waals surface area contributed by atoms with Gasteiger partial charge in [0.2, 0.25) is 5.91 Å². The van der Waals surface area contributed by atoms with Gasteiger partial charge in [-0.15, -0.1) is 0 Å². The molecular formula is C13H16BrFN2O. The van der Waals surface area contributed by atoms with Crippen LogP contribution in [0.25, 0.3) is 0 Å². The summed E-state index contributed by atoms with van der Waals surface area (Å²) in [5.41, 5.74) is 0.526. The van der Waals surface area contributed by atoms with Gasteiger partial charge >= 0.3 is 0 Å². The Morgan fingerprint density at radius 1 is 1.61 bits per heavy atom. The maximum Gasteiger partial charge on any atom is 0.239 e. The summed E-state index contributed by atoms with van der Waals surface area (Å²) in [6, 6.07) is 4.66. The van der Waals surface area contributed by atoms with Gasteiger partial charge in [0.25, 0.3) is 0 Å². The Morgan fingerprint density at radius 2 is 2.39 bits per heavy atom. The van der Waals surface area contributed by atoms with Crippen molar-refractivity contribution in [3.8, 4) is 0 Å². The van der Waals surface area contributed by atoms with E-state index in [1.807, 2.05) is 0 Å². The van der Waals surface area contributed by atoms with Crippen LogP contribution in [0.5, 0.6) is 0 Å². The molecule has 0 spiro atoms. The predicted octanol–water partition coefficient (Wildman–Crippen LogP) is 2.30. The molecule has 1 aromatic carbocycles. The van der Waals surface area contributed by atoms with E-state index in [0.717, 1.165) is 23.9 Å². The number of hydrogen-bond donors (Lipinski definition) is 1. The largest absolute Gasteiger partial charge is 0.340 e. The summed E-state index contributed by atoms with van der Waals surface area (Å²) in [5.74, 6) is -0.246. The van der Waals surface area contributed by atoms with E-state index in [-0.39, 0.29) is 17.8 Å². The molecule has 0 saturated carbocycles. The van der Waals surface area contributed by atoms with Crippen molar-refractivity contribution in [3.63, 3.8) is 0 Å². The molecule has 1 saturated heterocycles. The highest BCUT2D eigenvalue weighted by Crippen LogP contribution is 2.18. The second-order valence-corrected chi connectivity index (χ2v) is 5.49. The number of carbonyl (C=O) groups is 1. The van der Waals surface area contributed by atoms with E-state index in [2.05, 4.69) is 21.2 Å². The molecule has 0 radical (unpaired) electrons. The minimum Gasteiger partial charge on any atom is -0.340 e. The SMILES string of the molecule is CN(Cc1cc(Br)ccc1F)C(=O)[C@@H]1CCCN1. The summed E-state index contributed by atoms with van der Waals surface area (Å²) in [5, 5.41) is 3.15. The van der Waals surface area contributed by atoms with E-state index >= 15 is 0 Å². The molecule has 1 N–H and O–H groups in total. The van der Waals surface area contributed by atoms with Crippen LogP contribution in [0.2, 0.25) is 0 Å². The van der Waals surface area contributed by atoms with Crippen molar-refractivity contribution >= 4 is 21.8 Å². The van der Waals surface area contributed by atoms with E-state index in [0.29, 0.717) is 12.1 Å². The third kappa shape index (κ3) is 3.09. The quantitative estimate of drug-likeness (QED) is 0.928. The zero-order chi connectivity index (χ0) is 13.1. The van der Waals surface area contributed by atoms with Crippen molar-refractivity contribution in [2.24, 2.45) is 0 Å². The van der Waals surface area contributed by atoms with E-state index in [9.17, 15) is 9.18 Å². The number of likely N-dealkylation sites (N-methyl/N-ethyl adjacent to an activating group) is 1. The third-order valence-corrected chi connectivity index (χ3v) is 3.64. The smallest absolute Gasteiger partial charge is 0.239 e. The molecule has 1 atom stereocenters. The van der Waals surface area contributed by atoms with E-state index in [1.165, 1.54) is 6.07 Å². The molecule has 3 nitrogen and oxygen atoms in total. The van der Waals surface area contributed by atoms with Crippen LogP contribution in [-0.2, 0) is 11.3 Å². The number of amides is 1. The van der Waals surface area contributed by atoms with Gasteiger partial charge in [-0.3, -0.25) is 4.79 Å². The summed E-state index contributed by atoms with van der Waals surface area (Å²) >= 11 is 3.31. The van der Waals surface area contributed by atoms with Crippen molar-refractivity contribution in [2.75, 3.05) is 13.6 Å². The fraction of sp³-hybridized carbons (Fsp3) is 0.462. The van der Waals surface area contributed by atoms with E-state index in [4.69, 9.17) is 0 Å². The Hall–Kier alpha value is -0.940. The van der Waals surface area contributed by atoms with Gasteiger partial charge in [-0.2, -0.15) is 0 Å². The summed E-state index contributed by atoms with van der Waals surface area (Å²) in [6.07, 6.45) is 1.89. The Kier molecular flexibility index (Phi) is 4.35. The van der Waals surface area contributed by atoms with Crippen LogP contribution in [0.1, 0.15) is 18.4 Å². The number of carbonyl (C=O) groups excluding carboxylic acids is 1. The summed E-state index contributed by atoms with van der Waals surface area (Å²) in [4.78, 5) is 13.7. The first-order valence-electron chi connectivity index (χ1n) is 6.00. The second kappa shape index (κ2) is 5.80. The highest BCUT2D eigenvalue weighted by atomic mass is 79.9. The van der Waals surface area contributed by atoms with Crippen LogP contribution in [0, 0.1) is 5.82 Å². The molecule has 98 valence electrons. The van der Waals surface area contributed by atoms with E-state index < -0.39 is 0 Å². The molecule has 1 aliphatic rings. The summed E-state index contributed by atoms with van der Waals surface area (Å²) in [6.45, 7) is 1.18. The van der Waals surface area contributed by atoms with Gasteiger partial charge in [0.15, 0.2) is 0 Å². The fourth-order valence-corrected chi connectivity index (χ4v) is 2.57. The monoisotopic (exact) mass is 314 g/mol. The molecule has 2 rings (SSSR count). The number of hydrogen-bond acceptors (Lipinski definition) is 2. The molecular weight excluding hydrogens is 299 g/mol. The van der Waals surface area contributed by atoms with Gasteiger partial charge in [-0.05, 0) is 37.6 Å². The molecule has 1 aliphatic heterocycles. The fourth-order valence-electron chi connectivity index (χ4n) is 2.16. The average molecular weight is 315 g/mol. The van der Waals surface area contributed by atoms with Crippen LogP contribution in [0.15, 0.2) is 22.7 Å². The topological polar surface area (TPSA) is 32.3 Å². The lowest BCUT2D eigenvalue weighted by Crippen LogP contribution is -2.41. The predicted molar refractivity (Wildman–Crippen MR) is 71.6 cm³/mol. The van der Waals surface area contributed by atoms with Gasteiger partial charge in [0.05, 0.1) is 6.04 Å². The third-order valence-electron chi connectivity index (χ3n) is 3.15. The highest BCUT2D eigenvalue weighted by molar-refractivity contribution is 9.10. The van der Waals surface area contributed by atoms with Gasteiger partial charge in [-0.25, -0.2) is 4.39 Å². The van der Waals surface area contributed by atoms with Crippen molar-refractivity contribution in [2.45, 2.75) is 25.4 Å². The van der Waals surface area contributed by atoms with Crippen molar-refractivity contribution < 1.29 is 9.18 Å². The first kappa shape index (κ1) is 13.5. The van der Waals surface area contributed by atoms with E-state index in [1.54, 1.807) is 24.1 Å². The molecule has 0 aromatic heterocycles. The van der Waals surface area contributed by atoms with Gasteiger partial charge in [0.1, 0.15) is 5.82 Å². The maximum absolute atomic E-state index is 13.6. The number of nitrogens with zero attached hydrogens (tertiary/aromatic N) is 1. The standard InChI is InChI=1S/C13H16BrFN2O/c1-17(13(18)12-3-2-6-16-12)8-9-7-10(14)4-5-11(9)15/h4-5,7,12,16H,2-3,6,8H2,1H3/t12-/m0/s1. The van der Waals surface area contributed by atoms with Crippen LogP contribution in [-0.4, -0.2) is 30.4 Å². The number of rotatable bonds is 3. The first-order valence-corrected chi connectivity index (χ1v) is 6.79. The lowest BCUT2D eigenvalue weighted by Gasteiger charge is -2.21. The summed E-state index contributed by atoms with van der Waals surface area (Å²) in [7, 11) is 1.71.